The average Bonchev–Trinajstić information content (AvgIpc) is 3.02. The van der Waals surface area contributed by atoms with Gasteiger partial charge in [-0.05, 0) is 31.0 Å². The first-order valence-electron chi connectivity index (χ1n) is 8.36. The van der Waals surface area contributed by atoms with Crippen LogP contribution in [0, 0.1) is 5.82 Å². The maximum absolute atomic E-state index is 13.6. The number of nitrogens with zero attached hydrogens (tertiary/aromatic N) is 3. The van der Waals surface area contributed by atoms with Crippen molar-refractivity contribution in [2.45, 2.75) is 32.3 Å². The number of aromatic nitrogens is 2. The van der Waals surface area contributed by atoms with E-state index in [9.17, 15) is 9.50 Å². The van der Waals surface area contributed by atoms with Crippen LogP contribution in [0.25, 0.3) is 11.4 Å². The van der Waals surface area contributed by atoms with Crippen molar-refractivity contribution in [1.29, 1.82) is 0 Å². The molecule has 1 N–H and O–H groups in total. The Balaban J connectivity index is 1.88. The van der Waals surface area contributed by atoms with E-state index in [1.54, 1.807) is 12.3 Å². The lowest BCUT2D eigenvalue weighted by atomic mass is 10.2. The first-order valence-corrected chi connectivity index (χ1v) is 8.36. The molecule has 1 aliphatic heterocycles. The molecule has 24 heavy (non-hydrogen) atoms. The van der Waals surface area contributed by atoms with Gasteiger partial charge in [0.05, 0.1) is 18.3 Å². The SMILES string of the molecule is CCCCOc1cc(F)ccc1-c1nccc(N2CCC(O)C2)n1. The zero-order valence-corrected chi connectivity index (χ0v) is 13.8. The predicted molar refractivity (Wildman–Crippen MR) is 90.7 cm³/mol. The van der Waals surface area contributed by atoms with Gasteiger partial charge in [0, 0.05) is 25.4 Å². The normalized spacial score (nSPS) is 17.3. The van der Waals surface area contributed by atoms with Gasteiger partial charge < -0.3 is 14.7 Å². The second-order valence-corrected chi connectivity index (χ2v) is 5.97. The number of rotatable bonds is 6. The lowest BCUT2D eigenvalue weighted by Gasteiger charge is -2.17. The fourth-order valence-corrected chi connectivity index (χ4v) is 2.73. The third kappa shape index (κ3) is 3.82. The van der Waals surface area contributed by atoms with Crippen molar-refractivity contribution in [3.63, 3.8) is 0 Å². The zero-order chi connectivity index (χ0) is 16.9. The Morgan fingerprint density at radius 3 is 3.00 bits per heavy atom. The molecular formula is C18H22FN3O2. The second kappa shape index (κ2) is 7.57. The average molecular weight is 331 g/mol. The summed E-state index contributed by atoms with van der Waals surface area (Å²) in [6.45, 7) is 3.94. The molecule has 1 atom stereocenters. The monoisotopic (exact) mass is 331 g/mol. The van der Waals surface area contributed by atoms with Gasteiger partial charge in [0.25, 0.3) is 0 Å². The number of halogens is 1. The molecule has 1 fully saturated rings. The molecule has 3 rings (SSSR count). The Morgan fingerprint density at radius 2 is 2.25 bits per heavy atom. The first kappa shape index (κ1) is 16.6. The number of anilines is 1. The third-order valence-electron chi connectivity index (χ3n) is 4.07. The van der Waals surface area contributed by atoms with Crippen molar-refractivity contribution in [3.05, 3.63) is 36.3 Å². The van der Waals surface area contributed by atoms with Crippen molar-refractivity contribution >= 4 is 5.82 Å². The van der Waals surface area contributed by atoms with E-state index in [0.717, 1.165) is 31.6 Å². The first-order chi connectivity index (χ1) is 11.7. The number of hydrogen-bond acceptors (Lipinski definition) is 5. The number of hydrogen-bond donors (Lipinski definition) is 1. The van der Waals surface area contributed by atoms with Crippen LogP contribution in [0.2, 0.25) is 0 Å². The van der Waals surface area contributed by atoms with E-state index in [0.29, 0.717) is 30.3 Å². The number of aliphatic hydroxyl groups is 1. The summed E-state index contributed by atoms with van der Waals surface area (Å²) in [4.78, 5) is 10.9. The van der Waals surface area contributed by atoms with Crippen LogP contribution in [0.3, 0.4) is 0 Å². The molecule has 128 valence electrons. The van der Waals surface area contributed by atoms with E-state index in [4.69, 9.17) is 4.74 Å². The second-order valence-electron chi connectivity index (χ2n) is 5.97. The summed E-state index contributed by atoms with van der Waals surface area (Å²) in [5, 5.41) is 9.70. The summed E-state index contributed by atoms with van der Waals surface area (Å²) in [5.41, 5.74) is 0.675. The Bertz CT molecular complexity index is 696. The maximum Gasteiger partial charge on any atom is 0.165 e. The smallest absolute Gasteiger partial charge is 0.165 e. The minimum Gasteiger partial charge on any atom is -0.493 e. The van der Waals surface area contributed by atoms with Crippen molar-refractivity contribution in [2.75, 3.05) is 24.6 Å². The number of β-amino-alcohol motifs (C(OH)–C–C–N with tert-alkyl or cyclic N) is 1. The molecular weight excluding hydrogens is 309 g/mol. The Hall–Kier alpha value is -2.21. The fourth-order valence-electron chi connectivity index (χ4n) is 2.73. The minimum absolute atomic E-state index is 0.317. The van der Waals surface area contributed by atoms with Gasteiger partial charge in [0.15, 0.2) is 5.82 Å². The fraction of sp³-hybridized carbons (Fsp3) is 0.444. The summed E-state index contributed by atoms with van der Waals surface area (Å²) >= 11 is 0. The lowest BCUT2D eigenvalue weighted by Crippen LogP contribution is -2.22. The van der Waals surface area contributed by atoms with Crippen LogP contribution < -0.4 is 9.64 Å². The largest absolute Gasteiger partial charge is 0.493 e. The van der Waals surface area contributed by atoms with Gasteiger partial charge in [-0.15, -0.1) is 0 Å². The van der Waals surface area contributed by atoms with E-state index < -0.39 is 0 Å². The minimum atomic E-state index is -0.343. The molecule has 2 heterocycles. The topological polar surface area (TPSA) is 58.5 Å². The highest BCUT2D eigenvalue weighted by Crippen LogP contribution is 2.30. The van der Waals surface area contributed by atoms with Crippen molar-refractivity contribution < 1.29 is 14.2 Å². The molecule has 1 saturated heterocycles. The van der Waals surface area contributed by atoms with Crippen LogP contribution in [0.1, 0.15) is 26.2 Å². The van der Waals surface area contributed by atoms with Crippen molar-refractivity contribution in [3.8, 4) is 17.1 Å². The molecule has 1 aromatic carbocycles. The Kier molecular flexibility index (Phi) is 5.25. The van der Waals surface area contributed by atoms with E-state index >= 15 is 0 Å². The summed E-state index contributed by atoms with van der Waals surface area (Å²) in [5.74, 6) is 1.38. The molecule has 1 aromatic heterocycles. The van der Waals surface area contributed by atoms with Gasteiger partial charge in [-0.25, -0.2) is 14.4 Å². The molecule has 2 aromatic rings. The Morgan fingerprint density at radius 1 is 1.38 bits per heavy atom. The van der Waals surface area contributed by atoms with Gasteiger partial charge in [-0.1, -0.05) is 13.3 Å². The molecule has 0 aliphatic carbocycles. The van der Waals surface area contributed by atoms with Gasteiger partial charge >= 0.3 is 0 Å². The van der Waals surface area contributed by atoms with Gasteiger partial charge in [-0.3, -0.25) is 0 Å². The molecule has 0 radical (unpaired) electrons. The van der Waals surface area contributed by atoms with E-state index in [1.807, 2.05) is 11.0 Å². The van der Waals surface area contributed by atoms with Gasteiger partial charge in [-0.2, -0.15) is 0 Å². The molecule has 1 unspecified atom stereocenters. The van der Waals surface area contributed by atoms with E-state index in [1.165, 1.54) is 12.1 Å². The van der Waals surface area contributed by atoms with Crippen molar-refractivity contribution in [2.24, 2.45) is 0 Å². The quantitative estimate of drug-likeness (QED) is 0.825. The number of benzene rings is 1. The molecule has 0 bridgehead atoms. The predicted octanol–water partition coefficient (Wildman–Crippen LogP) is 3.03. The highest BCUT2D eigenvalue weighted by atomic mass is 19.1. The molecule has 5 nitrogen and oxygen atoms in total. The lowest BCUT2D eigenvalue weighted by molar-refractivity contribution is 0.198. The van der Waals surface area contributed by atoms with Crippen LogP contribution >= 0.6 is 0 Å². The standard InChI is InChI=1S/C18H22FN3O2/c1-2-3-10-24-16-11-13(19)4-5-15(16)18-20-8-6-17(21-18)22-9-7-14(23)12-22/h4-6,8,11,14,23H,2-3,7,9-10,12H2,1H3. The third-order valence-corrected chi connectivity index (χ3v) is 4.07. The molecule has 0 saturated carbocycles. The van der Waals surface area contributed by atoms with Crippen LogP contribution in [0.5, 0.6) is 5.75 Å². The summed E-state index contributed by atoms with van der Waals surface area (Å²) < 4.78 is 19.3. The molecule has 1 aliphatic rings. The van der Waals surface area contributed by atoms with Crippen LogP contribution in [-0.2, 0) is 0 Å². The number of ether oxygens (including phenoxy) is 1. The molecule has 0 spiro atoms. The maximum atomic E-state index is 13.6. The summed E-state index contributed by atoms with van der Waals surface area (Å²) in [6.07, 6.45) is 4.02. The summed E-state index contributed by atoms with van der Waals surface area (Å²) in [6, 6.07) is 6.23. The van der Waals surface area contributed by atoms with Gasteiger partial charge in [0.2, 0.25) is 0 Å². The Labute approximate surface area is 141 Å². The zero-order valence-electron chi connectivity index (χ0n) is 13.8. The molecule has 0 amide bonds. The van der Waals surface area contributed by atoms with Gasteiger partial charge in [0.1, 0.15) is 17.4 Å². The number of aliphatic hydroxyl groups excluding tert-OH is 1. The van der Waals surface area contributed by atoms with Crippen LogP contribution in [0.15, 0.2) is 30.5 Å². The summed E-state index contributed by atoms with van der Waals surface area (Å²) in [7, 11) is 0. The van der Waals surface area contributed by atoms with E-state index in [-0.39, 0.29) is 11.9 Å². The van der Waals surface area contributed by atoms with E-state index in [2.05, 4.69) is 16.9 Å². The van der Waals surface area contributed by atoms with Crippen LogP contribution in [0.4, 0.5) is 10.2 Å². The van der Waals surface area contributed by atoms with Crippen LogP contribution in [-0.4, -0.2) is 40.9 Å². The molecule has 6 heteroatoms. The highest BCUT2D eigenvalue weighted by molar-refractivity contribution is 5.65. The van der Waals surface area contributed by atoms with Crippen molar-refractivity contribution in [1.82, 2.24) is 9.97 Å². The highest BCUT2D eigenvalue weighted by Gasteiger charge is 2.22. The number of unbranched alkanes of at least 4 members (excludes halogenated alkanes) is 1.